The molecule has 0 bridgehead atoms. The third-order valence-corrected chi connectivity index (χ3v) is 4.13. The van der Waals surface area contributed by atoms with Gasteiger partial charge in [-0.1, -0.05) is 30.3 Å². The Morgan fingerprint density at radius 2 is 1.92 bits per heavy atom. The van der Waals surface area contributed by atoms with Crippen LogP contribution in [0.25, 0.3) is 0 Å². The second kappa shape index (κ2) is 9.12. The zero-order chi connectivity index (χ0) is 19.1. The Morgan fingerprint density at radius 1 is 1.23 bits per heavy atom. The first-order chi connectivity index (χ1) is 12.5. The molecule has 0 unspecified atom stereocenters. The molecule has 8 heteroatoms. The molecule has 0 saturated carbocycles. The Kier molecular flexibility index (Phi) is 6.88. The summed E-state index contributed by atoms with van der Waals surface area (Å²) in [4.78, 5) is 37.4. The molecule has 0 amide bonds. The van der Waals surface area contributed by atoms with E-state index in [1.165, 1.54) is 11.6 Å². The van der Waals surface area contributed by atoms with Crippen molar-refractivity contribution in [3.63, 3.8) is 0 Å². The molecule has 0 spiro atoms. The van der Waals surface area contributed by atoms with Crippen molar-refractivity contribution in [2.24, 2.45) is 7.05 Å². The molecule has 140 valence electrons. The number of rotatable bonds is 9. The van der Waals surface area contributed by atoms with Crippen LogP contribution in [-0.4, -0.2) is 41.7 Å². The van der Waals surface area contributed by atoms with Gasteiger partial charge in [-0.2, -0.15) is 0 Å². The van der Waals surface area contributed by atoms with Crippen molar-refractivity contribution in [2.45, 2.75) is 13.0 Å². The number of Topliss-reactive ketones (excluding diaryl/α,β-unsaturated/α-hetero) is 1. The van der Waals surface area contributed by atoms with Crippen LogP contribution in [0.1, 0.15) is 22.3 Å². The van der Waals surface area contributed by atoms with E-state index in [0.29, 0.717) is 13.2 Å². The molecule has 2 aromatic rings. The van der Waals surface area contributed by atoms with Gasteiger partial charge < -0.3 is 15.8 Å². The second-order valence-corrected chi connectivity index (χ2v) is 6.03. The fourth-order valence-corrected chi connectivity index (χ4v) is 2.67. The number of ketones is 1. The molecular formula is C18H25N4O4+. The summed E-state index contributed by atoms with van der Waals surface area (Å²) in [6.45, 7) is 1.59. The summed E-state index contributed by atoms with van der Waals surface area (Å²) in [5.74, 6) is -0.473. The third kappa shape index (κ3) is 4.47. The third-order valence-electron chi connectivity index (χ3n) is 4.13. The minimum Gasteiger partial charge on any atom is -0.384 e. The highest BCUT2D eigenvalue weighted by molar-refractivity contribution is 6.00. The van der Waals surface area contributed by atoms with Crippen molar-refractivity contribution in [3.05, 3.63) is 62.3 Å². The zero-order valence-corrected chi connectivity index (χ0v) is 15.1. The number of hydrogen-bond acceptors (Lipinski definition) is 5. The lowest BCUT2D eigenvalue weighted by Gasteiger charge is -2.14. The first kappa shape index (κ1) is 19.6. The van der Waals surface area contributed by atoms with E-state index in [2.05, 4.69) is 0 Å². The molecule has 0 fully saturated rings. The Hall–Kier alpha value is -2.71. The fourth-order valence-electron chi connectivity index (χ4n) is 2.67. The van der Waals surface area contributed by atoms with E-state index in [4.69, 9.17) is 10.5 Å². The Bertz CT molecular complexity index is 871. The van der Waals surface area contributed by atoms with Crippen LogP contribution in [0.3, 0.4) is 0 Å². The largest absolute Gasteiger partial charge is 0.384 e. The predicted octanol–water partition coefficient (Wildman–Crippen LogP) is -1.04. The van der Waals surface area contributed by atoms with E-state index in [1.54, 1.807) is 12.4 Å². The average Bonchev–Trinajstić information content (AvgIpc) is 2.64. The quantitative estimate of drug-likeness (QED) is 0.438. The number of ether oxygens (including phenoxy) is 1. The smallest absolute Gasteiger partial charge is 0.332 e. The fraction of sp³-hybridized carbons (Fsp3) is 0.389. The summed E-state index contributed by atoms with van der Waals surface area (Å²) in [5, 5.41) is 1.80. The number of aromatic nitrogens is 2. The van der Waals surface area contributed by atoms with E-state index in [9.17, 15) is 14.4 Å². The van der Waals surface area contributed by atoms with E-state index < -0.39 is 11.2 Å². The van der Waals surface area contributed by atoms with Crippen molar-refractivity contribution in [1.82, 2.24) is 9.13 Å². The summed E-state index contributed by atoms with van der Waals surface area (Å²) < 4.78 is 7.14. The molecule has 8 nitrogen and oxygen atoms in total. The van der Waals surface area contributed by atoms with Crippen LogP contribution in [0.2, 0.25) is 0 Å². The molecule has 0 aliphatic rings. The number of carbonyl (C=O) groups excluding carboxylic acids is 1. The van der Waals surface area contributed by atoms with Crippen molar-refractivity contribution < 1.29 is 14.8 Å². The Labute approximate surface area is 151 Å². The monoisotopic (exact) mass is 361 g/mol. The van der Waals surface area contributed by atoms with Crippen LogP contribution in [0.4, 0.5) is 5.82 Å². The van der Waals surface area contributed by atoms with E-state index in [1.807, 2.05) is 30.3 Å². The minimum absolute atomic E-state index is 0.0859. The van der Waals surface area contributed by atoms with Crippen LogP contribution in [-0.2, 0) is 18.3 Å². The van der Waals surface area contributed by atoms with Crippen LogP contribution in [0, 0.1) is 0 Å². The van der Waals surface area contributed by atoms with Gasteiger partial charge in [0.2, 0.25) is 5.78 Å². The highest BCUT2D eigenvalue weighted by Gasteiger charge is 2.22. The number of methoxy groups -OCH3 is 1. The number of benzene rings is 1. The van der Waals surface area contributed by atoms with Crippen LogP contribution in [0.15, 0.2) is 39.9 Å². The maximum atomic E-state index is 12.5. The average molecular weight is 361 g/mol. The van der Waals surface area contributed by atoms with Gasteiger partial charge in [0.1, 0.15) is 17.9 Å². The van der Waals surface area contributed by atoms with Crippen LogP contribution < -0.4 is 22.3 Å². The molecule has 0 aliphatic carbocycles. The molecule has 1 aromatic carbocycles. The number of quaternary nitrogens is 1. The number of anilines is 1. The summed E-state index contributed by atoms with van der Waals surface area (Å²) in [6.07, 6.45) is 0.796. The van der Waals surface area contributed by atoms with Crippen LogP contribution in [0.5, 0.6) is 0 Å². The number of carbonyl (C=O) groups is 1. The molecule has 26 heavy (non-hydrogen) atoms. The molecule has 1 heterocycles. The summed E-state index contributed by atoms with van der Waals surface area (Å²) in [7, 11) is 2.97. The van der Waals surface area contributed by atoms with Gasteiger partial charge in [-0.25, -0.2) is 4.79 Å². The standard InChI is InChI=1S/C18H24N4O4/c1-21-17(24)15(14(23)11-20-9-6-10-26-2)16(19)22(18(21)25)12-13-7-4-3-5-8-13/h3-5,7-8,20H,6,9-12,19H2,1-2H3/p+1. The highest BCUT2D eigenvalue weighted by Crippen LogP contribution is 2.08. The van der Waals surface area contributed by atoms with Gasteiger partial charge in [0.05, 0.1) is 19.7 Å². The van der Waals surface area contributed by atoms with Crippen molar-refractivity contribution in [1.29, 1.82) is 0 Å². The lowest BCUT2D eigenvalue weighted by atomic mass is 10.1. The molecule has 2 rings (SSSR count). The van der Waals surface area contributed by atoms with Crippen LogP contribution >= 0.6 is 0 Å². The SMILES string of the molecule is COCCC[NH2+]CC(=O)c1c(N)n(Cc2ccccc2)c(=O)n(C)c1=O. The normalized spacial score (nSPS) is 10.8. The van der Waals surface area contributed by atoms with Crippen molar-refractivity contribution >= 4 is 11.6 Å². The van der Waals surface area contributed by atoms with Gasteiger partial charge in [0.15, 0.2) is 0 Å². The first-order valence-electron chi connectivity index (χ1n) is 8.44. The number of nitrogens with two attached hydrogens (primary N) is 2. The van der Waals surface area contributed by atoms with E-state index in [0.717, 1.165) is 16.6 Å². The second-order valence-electron chi connectivity index (χ2n) is 6.03. The van der Waals surface area contributed by atoms with Gasteiger partial charge in [-0.15, -0.1) is 0 Å². The van der Waals surface area contributed by atoms with Gasteiger partial charge in [0.25, 0.3) is 5.56 Å². The zero-order valence-electron chi connectivity index (χ0n) is 15.1. The lowest BCUT2D eigenvalue weighted by Crippen LogP contribution is -2.86. The highest BCUT2D eigenvalue weighted by atomic mass is 16.5. The van der Waals surface area contributed by atoms with E-state index in [-0.39, 0.29) is 30.3 Å². The topological polar surface area (TPSA) is 113 Å². The van der Waals surface area contributed by atoms with Gasteiger partial charge >= 0.3 is 5.69 Å². The predicted molar refractivity (Wildman–Crippen MR) is 98.4 cm³/mol. The summed E-state index contributed by atoms with van der Waals surface area (Å²) in [6, 6.07) is 9.26. The Balaban J connectivity index is 2.30. The molecule has 1 aromatic heterocycles. The maximum absolute atomic E-state index is 12.5. The van der Waals surface area contributed by atoms with Gasteiger partial charge in [-0.05, 0) is 5.56 Å². The van der Waals surface area contributed by atoms with Crippen molar-refractivity contribution in [2.75, 3.05) is 32.5 Å². The number of hydrogen-bond donors (Lipinski definition) is 2. The minimum atomic E-state index is -0.660. The molecule has 0 saturated heterocycles. The summed E-state index contributed by atoms with van der Waals surface area (Å²) >= 11 is 0. The summed E-state index contributed by atoms with van der Waals surface area (Å²) in [5.41, 5.74) is 5.56. The maximum Gasteiger partial charge on any atom is 0.332 e. The first-order valence-corrected chi connectivity index (χ1v) is 8.44. The number of nitrogen functional groups attached to an aromatic ring is 1. The molecule has 4 N–H and O–H groups in total. The van der Waals surface area contributed by atoms with Gasteiger partial charge in [0, 0.05) is 20.6 Å². The Morgan fingerprint density at radius 3 is 2.58 bits per heavy atom. The number of nitrogens with zero attached hydrogens (tertiary/aromatic N) is 2. The van der Waals surface area contributed by atoms with Crippen molar-refractivity contribution in [3.8, 4) is 0 Å². The molecule has 0 aliphatic heterocycles. The van der Waals surface area contributed by atoms with E-state index >= 15 is 0 Å². The molecule has 0 radical (unpaired) electrons. The molecule has 0 atom stereocenters. The molecular weight excluding hydrogens is 336 g/mol. The van der Waals surface area contributed by atoms with Gasteiger partial charge in [-0.3, -0.25) is 18.7 Å². The lowest BCUT2D eigenvalue weighted by molar-refractivity contribution is -0.643.